The van der Waals surface area contributed by atoms with Gasteiger partial charge in [0.2, 0.25) is 5.89 Å². The Morgan fingerprint density at radius 2 is 2.24 bits per heavy atom. The van der Waals surface area contributed by atoms with Crippen molar-refractivity contribution in [3.8, 4) is 11.5 Å². The second kappa shape index (κ2) is 5.10. The third kappa shape index (κ3) is 2.53. The molecule has 0 saturated heterocycles. The molecule has 1 aromatic carbocycles. The van der Waals surface area contributed by atoms with Crippen LogP contribution in [-0.4, -0.2) is 11.5 Å². The van der Waals surface area contributed by atoms with Gasteiger partial charge in [0, 0.05) is 6.54 Å². The second-order valence-corrected chi connectivity index (χ2v) is 3.86. The van der Waals surface area contributed by atoms with Gasteiger partial charge >= 0.3 is 0 Å². The Morgan fingerprint density at radius 3 is 3.00 bits per heavy atom. The number of nitrogens with zero attached hydrogens (tertiary/aromatic N) is 1. The molecule has 90 valence electrons. The molecule has 1 aromatic heterocycles. The minimum absolute atomic E-state index is 0.274. The summed E-state index contributed by atoms with van der Waals surface area (Å²) in [4.78, 5) is 4.25. The average molecular weight is 234 g/mol. The highest BCUT2D eigenvalue weighted by molar-refractivity contribution is 5.55. The molecule has 2 rings (SSSR count). The van der Waals surface area contributed by atoms with Crippen LogP contribution in [0.4, 0.5) is 4.39 Å². The van der Waals surface area contributed by atoms with Crippen molar-refractivity contribution in [2.75, 3.05) is 6.54 Å². The Morgan fingerprint density at radius 1 is 1.41 bits per heavy atom. The minimum atomic E-state index is -0.274. The van der Waals surface area contributed by atoms with E-state index in [-0.39, 0.29) is 5.82 Å². The third-order valence-electron chi connectivity index (χ3n) is 2.53. The molecule has 0 fully saturated rings. The zero-order valence-corrected chi connectivity index (χ0v) is 9.96. The number of nitrogens with one attached hydrogen (secondary N) is 1. The third-order valence-corrected chi connectivity index (χ3v) is 2.53. The molecule has 0 amide bonds. The van der Waals surface area contributed by atoms with Crippen molar-refractivity contribution in [1.29, 1.82) is 0 Å². The maximum atomic E-state index is 13.8. The number of hydrogen-bond acceptors (Lipinski definition) is 3. The lowest BCUT2D eigenvalue weighted by atomic mass is 10.1. The first-order valence-electron chi connectivity index (χ1n) is 5.63. The Balaban J connectivity index is 2.27. The van der Waals surface area contributed by atoms with Gasteiger partial charge < -0.3 is 9.73 Å². The quantitative estimate of drug-likeness (QED) is 0.884. The molecule has 2 aromatic rings. The first-order valence-corrected chi connectivity index (χ1v) is 5.63. The molecule has 0 saturated carbocycles. The van der Waals surface area contributed by atoms with Crippen LogP contribution in [0.3, 0.4) is 0 Å². The first kappa shape index (κ1) is 11.8. The van der Waals surface area contributed by atoms with Crippen LogP contribution in [0.2, 0.25) is 0 Å². The van der Waals surface area contributed by atoms with E-state index in [2.05, 4.69) is 10.3 Å². The first-order chi connectivity index (χ1) is 8.22. The van der Waals surface area contributed by atoms with Crippen molar-refractivity contribution in [2.24, 2.45) is 0 Å². The molecule has 1 heterocycles. The predicted molar refractivity (Wildman–Crippen MR) is 64.0 cm³/mol. The smallest absolute Gasteiger partial charge is 0.229 e. The molecule has 17 heavy (non-hydrogen) atoms. The molecule has 0 spiro atoms. The topological polar surface area (TPSA) is 38.1 Å². The number of aromatic nitrogens is 1. The number of oxazole rings is 1. The lowest BCUT2D eigenvalue weighted by molar-refractivity contribution is 0.558. The summed E-state index contributed by atoms with van der Waals surface area (Å²) >= 11 is 0. The van der Waals surface area contributed by atoms with Gasteiger partial charge in [0.05, 0.1) is 11.3 Å². The molecule has 0 aliphatic rings. The fraction of sp³-hybridized carbons (Fsp3) is 0.308. The van der Waals surface area contributed by atoms with Crippen molar-refractivity contribution in [3.63, 3.8) is 0 Å². The number of hydrogen-bond donors (Lipinski definition) is 1. The Labute approximate surface area is 99.7 Å². The zero-order valence-electron chi connectivity index (χ0n) is 9.96. The van der Waals surface area contributed by atoms with Gasteiger partial charge in [0.1, 0.15) is 12.1 Å². The van der Waals surface area contributed by atoms with Crippen molar-refractivity contribution >= 4 is 0 Å². The van der Waals surface area contributed by atoms with Gasteiger partial charge in [-0.15, -0.1) is 0 Å². The van der Waals surface area contributed by atoms with Crippen LogP contribution in [-0.2, 0) is 6.54 Å². The normalized spacial score (nSPS) is 10.8. The molecule has 1 N–H and O–H groups in total. The van der Waals surface area contributed by atoms with Crippen LogP contribution in [0.15, 0.2) is 28.9 Å². The van der Waals surface area contributed by atoms with E-state index in [4.69, 9.17) is 4.42 Å². The van der Waals surface area contributed by atoms with E-state index in [1.165, 1.54) is 0 Å². The van der Waals surface area contributed by atoms with Gasteiger partial charge in [-0.3, -0.25) is 0 Å². The summed E-state index contributed by atoms with van der Waals surface area (Å²) in [6.45, 7) is 5.23. The zero-order chi connectivity index (χ0) is 12.3. The fourth-order valence-corrected chi connectivity index (χ4v) is 1.58. The van der Waals surface area contributed by atoms with Crippen molar-refractivity contribution < 1.29 is 8.81 Å². The van der Waals surface area contributed by atoms with E-state index < -0.39 is 0 Å². The van der Waals surface area contributed by atoms with E-state index in [1.807, 2.05) is 6.92 Å². The second-order valence-electron chi connectivity index (χ2n) is 3.86. The molecular formula is C13H15FN2O. The summed E-state index contributed by atoms with van der Waals surface area (Å²) < 4.78 is 19.1. The molecule has 0 aliphatic carbocycles. The van der Waals surface area contributed by atoms with Crippen LogP contribution in [0.1, 0.15) is 18.2 Å². The fourth-order valence-electron chi connectivity index (χ4n) is 1.58. The lowest BCUT2D eigenvalue weighted by Gasteiger charge is -2.00. The molecule has 0 bridgehead atoms. The SMILES string of the molecule is CCNCc1coc(-c2cccc(C)c2F)n1. The molecule has 3 nitrogen and oxygen atoms in total. The van der Waals surface area contributed by atoms with Crippen LogP contribution < -0.4 is 5.32 Å². The Bertz CT molecular complexity index is 508. The van der Waals surface area contributed by atoms with Gasteiger partial charge in [-0.05, 0) is 25.1 Å². The summed E-state index contributed by atoms with van der Waals surface area (Å²) in [5.74, 6) is 0.0588. The highest BCUT2D eigenvalue weighted by Gasteiger charge is 2.12. The van der Waals surface area contributed by atoms with Crippen LogP contribution in [0.25, 0.3) is 11.5 Å². The molecule has 0 radical (unpaired) electrons. The van der Waals surface area contributed by atoms with Gasteiger partial charge in [-0.2, -0.15) is 0 Å². The average Bonchev–Trinajstić information content (AvgIpc) is 2.78. The number of halogens is 1. The summed E-state index contributed by atoms with van der Waals surface area (Å²) in [7, 11) is 0. The molecule has 0 aliphatic heterocycles. The summed E-state index contributed by atoms with van der Waals surface area (Å²) in [6.07, 6.45) is 1.56. The Kier molecular flexibility index (Phi) is 3.54. The number of aryl methyl sites for hydroxylation is 1. The van der Waals surface area contributed by atoms with Gasteiger partial charge in [0.25, 0.3) is 0 Å². The number of benzene rings is 1. The maximum absolute atomic E-state index is 13.8. The van der Waals surface area contributed by atoms with E-state index in [0.29, 0.717) is 23.6 Å². The van der Waals surface area contributed by atoms with E-state index in [9.17, 15) is 4.39 Å². The van der Waals surface area contributed by atoms with Gasteiger partial charge in [-0.1, -0.05) is 19.1 Å². The monoisotopic (exact) mass is 234 g/mol. The summed E-state index contributed by atoms with van der Waals surface area (Å²) in [5.41, 5.74) is 1.78. The van der Waals surface area contributed by atoms with Gasteiger partial charge in [-0.25, -0.2) is 9.37 Å². The standard InChI is InChI=1S/C13H15FN2O/c1-3-15-7-10-8-17-13(16-10)11-6-4-5-9(2)12(11)14/h4-6,8,15H,3,7H2,1-2H3. The van der Waals surface area contributed by atoms with Crippen LogP contribution in [0, 0.1) is 12.7 Å². The predicted octanol–water partition coefficient (Wildman–Crippen LogP) is 2.90. The van der Waals surface area contributed by atoms with E-state index in [0.717, 1.165) is 12.2 Å². The molecular weight excluding hydrogens is 219 g/mol. The molecule has 0 atom stereocenters. The maximum Gasteiger partial charge on any atom is 0.229 e. The lowest BCUT2D eigenvalue weighted by Crippen LogP contribution is -2.11. The largest absolute Gasteiger partial charge is 0.444 e. The van der Waals surface area contributed by atoms with Crippen molar-refractivity contribution in [3.05, 3.63) is 41.5 Å². The Hall–Kier alpha value is -1.68. The number of rotatable bonds is 4. The minimum Gasteiger partial charge on any atom is -0.444 e. The molecule has 4 heteroatoms. The van der Waals surface area contributed by atoms with E-state index >= 15 is 0 Å². The summed E-state index contributed by atoms with van der Waals surface area (Å²) in [6, 6.07) is 5.19. The van der Waals surface area contributed by atoms with Crippen molar-refractivity contribution in [1.82, 2.24) is 10.3 Å². The van der Waals surface area contributed by atoms with Gasteiger partial charge in [0.15, 0.2) is 0 Å². The molecule has 0 unspecified atom stereocenters. The highest BCUT2D eigenvalue weighted by Crippen LogP contribution is 2.23. The van der Waals surface area contributed by atoms with Crippen molar-refractivity contribution in [2.45, 2.75) is 20.4 Å². The highest BCUT2D eigenvalue weighted by atomic mass is 19.1. The summed E-state index contributed by atoms with van der Waals surface area (Å²) in [5, 5.41) is 3.14. The van der Waals surface area contributed by atoms with Crippen LogP contribution in [0.5, 0.6) is 0 Å². The van der Waals surface area contributed by atoms with Crippen LogP contribution >= 0.6 is 0 Å². The van der Waals surface area contributed by atoms with E-state index in [1.54, 1.807) is 31.4 Å².